The van der Waals surface area contributed by atoms with Crippen molar-refractivity contribution in [3.8, 4) is 5.69 Å². The summed E-state index contributed by atoms with van der Waals surface area (Å²) in [6.45, 7) is 5.39. The van der Waals surface area contributed by atoms with Crippen molar-refractivity contribution in [2.24, 2.45) is 0 Å². The number of aryl methyl sites for hydroxylation is 1. The maximum absolute atomic E-state index is 12.9. The Hall–Kier alpha value is -3.16. The lowest BCUT2D eigenvalue weighted by atomic mass is 10.2. The van der Waals surface area contributed by atoms with Gasteiger partial charge in [-0.1, -0.05) is 24.3 Å². The first kappa shape index (κ1) is 20.1. The van der Waals surface area contributed by atoms with E-state index in [9.17, 15) is 4.79 Å². The van der Waals surface area contributed by atoms with Gasteiger partial charge in [0.15, 0.2) is 0 Å². The summed E-state index contributed by atoms with van der Waals surface area (Å²) in [5, 5.41) is 9.72. The third kappa shape index (κ3) is 4.69. The number of anilines is 1. The summed E-state index contributed by atoms with van der Waals surface area (Å²) in [7, 11) is 0. The van der Waals surface area contributed by atoms with Crippen LogP contribution in [-0.4, -0.2) is 27.1 Å². The second-order valence-electron chi connectivity index (χ2n) is 7.15. The monoisotopic (exact) mass is 420 g/mol. The van der Waals surface area contributed by atoms with E-state index in [0.29, 0.717) is 13.1 Å². The first-order chi connectivity index (χ1) is 14.6. The summed E-state index contributed by atoms with van der Waals surface area (Å²) in [6.07, 6.45) is 1.66. The van der Waals surface area contributed by atoms with Crippen LogP contribution in [0.5, 0.6) is 0 Å². The van der Waals surface area contributed by atoms with Gasteiger partial charge in [0.25, 0.3) is 0 Å². The van der Waals surface area contributed by atoms with Crippen LogP contribution in [0.25, 0.3) is 5.69 Å². The van der Waals surface area contributed by atoms with Crippen LogP contribution in [0.1, 0.15) is 22.0 Å². The van der Waals surface area contributed by atoms with Gasteiger partial charge >= 0.3 is 0 Å². The molecule has 0 atom stereocenters. The van der Waals surface area contributed by atoms with E-state index in [1.165, 1.54) is 4.88 Å². The average molecular weight is 421 g/mol. The van der Waals surface area contributed by atoms with Gasteiger partial charge in [-0.05, 0) is 49.6 Å². The third-order valence-corrected chi connectivity index (χ3v) is 5.70. The van der Waals surface area contributed by atoms with Crippen LogP contribution in [0, 0.1) is 13.8 Å². The number of hydrogen-bond acceptors (Lipinski definition) is 5. The van der Waals surface area contributed by atoms with Gasteiger partial charge < -0.3 is 9.73 Å². The minimum absolute atomic E-state index is 0.0723. The largest absolute Gasteiger partial charge is 0.468 e. The predicted molar refractivity (Wildman–Crippen MR) is 119 cm³/mol. The minimum atomic E-state index is -0.0723. The Balaban J connectivity index is 1.48. The zero-order valence-electron chi connectivity index (χ0n) is 17.0. The fourth-order valence-electron chi connectivity index (χ4n) is 3.44. The molecule has 30 heavy (non-hydrogen) atoms. The summed E-state index contributed by atoms with van der Waals surface area (Å²) < 4.78 is 7.35. The van der Waals surface area contributed by atoms with Crippen molar-refractivity contribution >= 4 is 22.9 Å². The molecule has 154 valence electrons. The Kier molecular flexibility index (Phi) is 6.11. The molecule has 0 aliphatic carbocycles. The van der Waals surface area contributed by atoms with Gasteiger partial charge in [-0.15, -0.1) is 11.3 Å². The number of benzene rings is 1. The fraction of sp³-hybridized carbons (Fsp3) is 0.217. The quantitative estimate of drug-likeness (QED) is 0.445. The van der Waals surface area contributed by atoms with Crippen LogP contribution in [0.2, 0.25) is 0 Å². The van der Waals surface area contributed by atoms with Crippen molar-refractivity contribution in [1.29, 1.82) is 0 Å². The van der Waals surface area contributed by atoms with Gasteiger partial charge in [0, 0.05) is 11.4 Å². The molecule has 0 fully saturated rings. The Labute approximate surface area is 179 Å². The summed E-state index contributed by atoms with van der Waals surface area (Å²) in [4.78, 5) is 16.2. The molecular weight excluding hydrogens is 396 g/mol. The molecule has 0 saturated heterocycles. The van der Waals surface area contributed by atoms with Gasteiger partial charge in [-0.25, -0.2) is 4.68 Å². The van der Waals surface area contributed by atoms with Gasteiger partial charge in [0.2, 0.25) is 5.91 Å². The van der Waals surface area contributed by atoms with E-state index >= 15 is 0 Å². The molecule has 0 saturated carbocycles. The molecule has 7 heteroatoms. The molecule has 1 aromatic carbocycles. The second-order valence-corrected chi connectivity index (χ2v) is 8.18. The van der Waals surface area contributed by atoms with E-state index < -0.39 is 0 Å². The molecule has 0 aliphatic rings. The molecular formula is C23H24N4O2S. The fourth-order valence-corrected chi connectivity index (χ4v) is 4.19. The molecule has 3 heterocycles. The number of aromatic nitrogens is 2. The highest BCUT2D eigenvalue weighted by atomic mass is 32.1. The van der Waals surface area contributed by atoms with Crippen LogP contribution in [0.3, 0.4) is 0 Å². The number of nitrogens with one attached hydrogen (secondary N) is 1. The molecule has 0 spiro atoms. The van der Waals surface area contributed by atoms with Crippen molar-refractivity contribution in [3.63, 3.8) is 0 Å². The zero-order chi connectivity index (χ0) is 20.9. The maximum Gasteiger partial charge on any atom is 0.238 e. The number of carbonyl (C=O) groups excluding carboxylic acids is 1. The van der Waals surface area contributed by atoms with E-state index in [2.05, 4.69) is 21.4 Å². The number of hydrogen-bond donors (Lipinski definition) is 1. The average Bonchev–Trinajstić information content (AvgIpc) is 3.49. The van der Waals surface area contributed by atoms with E-state index in [1.54, 1.807) is 17.6 Å². The lowest BCUT2D eigenvalue weighted by Crippen LogP contribution is -2.32. The molecule has 0 unspecified atom stereocenters. The highest BCUT2D eigenvalue weighted by molar-refractivity contribution is 7.09. The van der Waals surface area contributed by atoms with Gasteiger partial charge in [-0.3, -0.25) is 9.69 Å². The second kappa shape index (κ2) is 9.11. The number of nitrogens with zero attached hydrogens (tertiary/aromatic N) is 3. The lowest BCUT2D eigenvalue weighted by Gasteiger charge is -2.20. The summed E-state index contributed by atoms with van der Waals surface area (Å²) in [6, 6.07) is 17.8. The first-order valence-corrected chi connectivity index (χ1v) is 10.7. The van der Waals surface area contributed by atoms with Crippen LogP contribution >= 0.6 is 11.3 Å². The summed E-state index contributed by atoms with van der Waals surface area (Å²) >= 11 is 1.68. The molecule has 0 radical (unpaired) electrons. The summed E-state index contributed by atoms with van der Waals surface area (Å²) in [5.41, 5.74) is 3.43. The SMILES string of the molecule is Cc1nn(-c2ccccc2)c(C)c1NC(=O)CN(Cc1ccco1)Cc1cccs1. The van der Waals surface area contributed by atoms with Crippen molar-refractivity contribution in [1.82, 2.24) is 14.7 Å². The number of furan rings is 1. The van der Waals surface area contributed by atoms with E-state index in [1.807, 2.05) is 72.4 Å². The molecule has 1 N–H and O–H groups in total. The molecule has 4 aromatic rings. The smallest absolute Gasteiger partial charge is 0.238 e. The van der Waals surface area contributed by atoms with Crippen molar-refractivity contribution < 1.29 is 9.21 Å². The predicted octanol–water partition coefficient (Wildman–Crippen LogP) is 4.78. The van der Waals surface area contributed by atoms with Gasteiger partial charge in [-0.2, -0.15) is 5.10 Å². The van der Waals surface area contributed by atoms with Crippen LogP contribution in [0.15, 0.2) is 70.7 Å². The Morgan fingerprint density at radius 2 is 1.93 bits per heavy atom. The first-order valence-electron chi connectivity index (χ1n) is 9.79. The van der Waals surface area contributed by atoms with E-state index in [-0.39, 0.29) is 12.5 Å². The van der Waals surface area contributed by atoms with E-state index in [0.717, 1.165) is 28.5 Å². The highest BCUT2D eigenvalue weighted by Crippen LogP contribution is 2.23. The zero-order valence-corrected chi connectivity index (χ0v) is 17.9. The summed E-state index contributed by atoms with van der Waals surface area (Å²) in [5.74, 6) is 0.764. The van der Waals surface area contributed by atoms with Gasteiger partial charge in [0.1, 0.15) is 5.76 Å². The maximum atomic E-state index is 12.9. The Morgan fingerprint density at radius 3 is 2.63 bits per heavy atom. The minimum Gasteiger partial charge on any atom is -0.468 e. The molecule has 1 amide bonds. The van der Waals surface area contributed by atoms with Gasteiger partial charge in [0.05, 0.1) is 42.1 Å². The topological polar surface area (TPSA) is 63.3 Å². The normalized spacial score (nSPS) is 11.2. The Morgan fingerprint density at radius 1 is 1.10 bits per heavy atom. The van der Waals surface area contributed by atoms with Crippen molar-refractivity contribution in [2.45, 2.75) is 26.9 Å². The van der Waals surface area contributed by atoms with Crippen LogP contribution in [0.4, 0.5) is 5.69 Å². The van der Waals surface area contributed by atoms with Crippen molar-refractivity contribution in [3.05, 3.63) is 88.3 Å². The van der Waals surface area contributed by atoms with Crippen LogP contribution in [-0.2, 0) is 17.9 Å². The highest BCUT2D eigenvalue weighted by Gasteiger charge is 2.18. The number of thiophene rings is 1. The number of rotatable bonds is 8. The standard InChI is InChI=1S/C23H24N4O2S/c1-17-23(18(2)27(25-17)19-8-4-3-5-9-19)24-22(28)16-26(14-20-10-6-12-29-20)15-21-11-7-13-30-21/h3-13H,14-16H2,1-2H3,(H,24,28). The lowest BCUT2D eigenvalue weighted by molar-refractivity contribution is -0.117. The third-order valence-electron chi connectivity index (χ3n) is 4.84. The molecule has 0 bridgehead atoms. The molecule has 4 rings (SSSR count). The number of amides is 1. The van der Waals surface area contributed by atoms with Crippen LogP contribution < -0.4 is 5.32 Å². The number of para-hydroxylation sites is 1. The molecule has 3 aromatic heterocycles. The van der Waals surface area contributed by atoms with E-state index in [4.69, 9.17) is 4.42 Å². The molecule has 6 nitrogen and oxygen atoms in total. The van der Waals surface area contributed by atoms with Crippen molar-refractivity contribution in [2.75, 3.05) is 11.9 Å². The number of carbonyl (C=O) groups is 1. The Bertz CT molecular complexity index is 1050. The molecule has 0 aliphatic heterocycles.